The Morgan fingerprint density at radius 1 is 1.12 bits per heavy atom. The molecule has 1 aliphatic rings. The number of halogens is 3. The number of aryl methyl sites for hydroxylation is 3. The van der Waals surface area contributed by atoms with Crippen LogP contribution in [0.5, 0.6) is 5.88 Å². The van der Waals surface area contributed by atoms with E-state index in [9.17, 15) is 18.0 Å². The second kappa shape index (κ2) is 17.4. The van der Waals surface area contributed by atoms with Crippen LogP contribution < -0.4 is 15.8 Å². The van der Waals surface area contributed by atoms with Gasteiger partial charge >= 0.3 is 6.18 Å². The molecule has 1 atom stereocenters. The summed E-state index contributed by atoms with van der Waals surface area (Å²) < 4.78 is 44.3. The average Bonchev–Trinajstić information content (AvgIpc) is 2.98. The number of nitrogens with one attached hydrogen (secondary N) is 1. The SMILES string of the molecule is C=C(C)NCc1cc(C)c(-c2cnc(OC)c(C)c2)c(C)c1.CCC[C@@H](CC(C)C)C(=O)N=C(N)c1ccc(C(F)(F)F)nc1C1CCC1. The highest BCUT2D eigenvalue weighted by Crippen LogP contribution is 2.39. The van der Waals surface area contributed by atoms with E-state index in [2.05, 4.69) is 58.9 Å². The third kappa shape index (κ3) is 10.9. The minimum atomic E-state index is -4.51. The maximum Gasteiger partial charge on any atom is 0.433 e. The standard InChI is InChI=1S/C20H28F3N3O.C19H24N2O/c1-4-6-14(11-12(2)3)19(27)26-18(24)15-9-10-16(20(21,22)23)25-17(15)13-7-5-8-13;1-12(2)20-10-16-7-13(3)18(14(4)8-16)17-9-15(5)19(22-6)21-11-17/h9-10,12-14H,4-8,11H2,1-3H3,(H2,24,26,27);7-9,11,20H,1,10H2,2-6H3/t14-;/m0./s1. The van der Waals surface area contributed by atoms with Crippen molar-refractivity contribution in [2.45, 2.75) is 106 Å². The summed E-state index contributed by atoms with van der Waals surface area (Å²) in [7, 11) is 1.65. The normalized spacial score (nSPS) is 14.1. The summed E-state index contributed by atoms with van der Waals surface area (Å²) in [5.41, 5.74) is 13.9. The van der Waals surface area contributed by atoms with E-state index in [0.29, 0.717) is 35.9 Å². The fraction of sp³-hybridized carbons (Fsp3) is 0.487. The van der Waals surface area contributed by atoms with Crippen molar-refractivity contribution in [2.75, 3.05) is 7.11 Å². The molecular formula is C39H52F3N5O2. The number of hydrogen-bond acceptors (Lipinski definition) is 5. The molecule has 49 heavy (non-hydrogen) atoms. The predicted octanol–water partition coefficient (Wildman–Crippen LogP) is 9.37. The number of amides is 1. The Labute approximate surface area is 289 Å². The number of alkyl halides is 3. The highest BCUT2D eigenvalue weighted by atomic mass is 19.4. The van der Waals surface area contributed by atoms with Crippen LogP contribution in [-0.4, -0.2) is 28.8 Å². The van der Waals surface area contributed by atoms with Crippen molar-refractivity contribution in [3.63, 3.8) is 0 Å². The van der Waals surface area contributed by atoms with E-state index >= 15 is 0 Å². The van der Waals surface area contributed by atoms with Crippen molar-refractivity contribution in [1.82, 2.24) is 15.3 Å². The summed E-state index contributed by atoms with van der Waals surface area (Å²) in [6.07, 6.45) is 2.15. The van der Waals surface area contributed by atoms with E-state index in [1.165, 1.54) is 28.3 Å². The molecule has 4 rings (SSSR count). The number of allylic oxidation sites excluding steroid dienone is 1. The molecule has 2 aromatic heterocycles. The first-order chi connectivity index (χ1) is 23.0. The number of nitrogens with two attached hydrogens (primary N) is 1. The van der Waals surface area contributed by atoms with Gasteiger partial charge in [-0.15, -0.1) is 0 Å². The first-order valence-corrected chi connectivity index (χ1v) is 17.0. The Bertz CT molecular complexity index is 1620. The number of hydrogen-bond donors (Lipinski definition) is 2. The van der Waals surface area contributed by atoms with Crippen molar-refractivity contribution in [1.29, 1.82) is 0 Å². The number of methoxy groups -OCH3 is 1. The van der Waals surface area contributed by atoms with Gasteiger partial charge in [0.05, 0.1) is 12.8 Å². The van der Waals surface area contributed by atoms with Gasteiger partial charge in [0.2, 0.25) is 5.88 Å². The summed E-state index contributed by atoms with van der Waals surface area (Å²) in [6.45, 7) is 19.0. The molecule has 2 heterocycles. The first kappa shape index (κ1) is 39.2. The number of nitrogens with zero attached hydrogens (tertiary/aromatic N) is 3. The molecule has 0 spiro atoms. The topological polar surface area (TPSA) is 102 Å². The van der Waals surface area contributed by atoms with Crippen LogP contribution in [0.2, 0.25) is 0 Å². The molecule has 0 saturated heterocycles. The Balaban J connectivity index is 0.000000271. The van der Waals surface area contributed by atoms with Gasteiger partial charge < -0.3 is 15.8 Å². The number of rotatable bonds is 12. The van der Waals surface area contributed by atoms with Gasteiger partial charge in [0, 0.05) is 47.0 Å². The van der Waals surface area contributed by atoms with Crippen molar-refractivity contribution in [3.8, 4) is 17.0 Å². The second-order valence-corrected chi connectivity index (χ2v) is 13.5. The quantitative estimate of drug-likeness (QED) is 0.146. The van der Waals surface area contributed by atoms with Crippen LogP contribution in [0.25, 0.3) is 11.1 Å². The van der Waals surface area contributed by atoms with Gasteiger partial charge in [0.25, 0.3) is 5.91 Å². The fourth-order valence-corrected chi connectivity index (χ4v) is 6.15. The minimum Gasteiger partial charge on any atom is -0.481 e. The summed E-state index contributed by atoms with van der Waals surface area (Å²) in [5.74, 6) is 0.411. The van der Waals surface area contributed by atoms with Crippen LogP contribution in [0.3, 0.4) is 0 Å². The van der Waals surface area contributed by atoms with Gasteiger partial charge in [-0.3, -0.25) is 4.79 Å². The molecule has 1 amide bonds. The van der Waals surface area contributed by atoms with E-state index in [1.807, 2.05) is 40.8 Å². The average molecular weight is 680 g/mol. The maximum absolute atomic E-state index is 13.0. The third-order valence-corrected chi connectivity index (χ3v) is 8.65. The molecular weight excluding hydrogens is 627 g/mol. The molecule has 266 valence electrons. The summed E-state index contributed by atoms with van der Waals surface area (Å²) >= 11 is 0. The second-order valence-electron chi connectivity index (χ2n) is 13.5. The molecule has 7 nitrogen and oxygen atoms in total. The van der Waals surface area contributed by atoms with E-state index in [1.54, 1.807) is 7.11 Å². The number of pyridine rings is 2. The zero-order valence-electron chi connectivity index (χ0n) is 30.2. The molecule has 1 aromatic carbocycles. The zero-order chi connectivity index (χ0) is 36.5. The molecule has 0 radical (unpaired) electrons. The van der Waals surface area contributed by atoms with Crippen molar-refractivity contribution >= 4 is 11.7 Å². The lowest BCUT2D eigenvalue weighted by atomic mass is 9.80. The summed E-state index contributed by atoms with van der Waals surface area (Å²) in [4.78, 5) is 24.8. The number of aromatic nitrogens is 2. The molecule has 0 aliphatic heterocycles. The highest BCUT2D eigenvalue weighted by molar-refractivity contribution is 6.05. The molecule has 0 bridgehead atoms. The van der Waals surface area contributed by atoms with E-state index in [4.69, 9.17) is 10.5 Å². The van der Waals surface area contributed by atoms with E-state index in [0.717, 1.165) is 55.1 Å². The van der Waals surface area contributed by atoms with Crippen LogP contribution in [0.4, 0.5) is 13.2 Å². The van der Waals surface area contributed by atoms with Gasteiger partial charge in [0.1, 0.15) is 11.5 Å². The minimum absolute atomic E-state index is 0.0343. The molecule has 3 N–H and O–H groups in total. The number of amidine groups is 1. The molecule has 3 aromatic rings. The number of benzene rings is 1. The number of carbonyl (C=O) groups excluding carboxylic acids is 1. The van der Waals surface area contributed by atoms with Gasteiger partial charge in [-0.05, 0) is 99.7 Å². The largest absolute Gasteiger partial charge is 0.481 e. The molecule has 1 fully saturated rings. The lowest BCUT2D eigenvalue weighted by Crippen LogP contribution is -2.25. The number of ether oxygens (including phenoxy) is 1. The number of aliphatic imine (C=N–C) groups is 1. The summed E-state index contributed by atoms with van der Waals surface area (Å²) in [6, 6.07) is 8.78. The first-order valence-electron chi connectivity index (χ1n) is 17.0. The fourth-order valence-electron chi connectivity index (χ4n) is 6.15. The Kier molecular flexibility index (Phi) is 14.0. The smallest absolute Gasteiger partial charge is 0.433 e. The molecule has 1 aliphatic carbocycles. The Morgan fingerprint density at radius 2 is 1.78 bits per heavy atom. The van der Waals surface area contributed by atoms with Crippen molar-refractivity contribution in [2.24, 2.45) is 22.6 Å². The zero-order valence-corrected chi connectivity index (χ0v) is 30.2. The van der Waals surface area contributed by atoms with Crippen LogP contribution in [-0.2, 0) is 17.5 Å². The monoisotopic (exact) mass is 679 g/mol. The van der Waals surface area contributed by atoms with Crippen LogP contribution in [0.1, 0.15) is 111 Å². The number of carbonyl (C=O) groups is 1. The van der Waals surface area contributed by atoms with Gasteiger partial charge in [-0.25, -0.2) is 9.97 Å². The summed E-state index contributed by atoms with van der Waals surface area (Å²) in [5, 5.41) is 3.28. The predicted molar refractivity (Wildman–Crippen MR) is 192 cm³/mol. The molecule has 1 saturated carbocycles. The van der Waals surface area contributed by atoms with Gasteiger partial charge in [-0.2, -0.15) is 18.2 Å². The van der Waals surface area contributed by atoms with Crippen molar-refractivity contribution < 1.29 is 22.7 Å². The molecule has 0 unspecified atom stereocenters. The van der Waals surface area contributed by atoms with Crippen LogP contribution >= 0.6 is 0 Å². The van der Waals surface area contributed by atoms with E-state index in [-0.39, 0.29) is 23.6 Å². The van der Waals surface area contributed by atoms with E-state index < -0.39 is 11.9 Å². The lowest BCUT2D eigenvalue weighted by Gasteiger charge is -2.27. The Hall–Kier alpha value is -4.21. The molecule has 10 heteroatoms. The third-order valence-electron chi connectivity index (χ3n) is 8.65. The van der Waals surface area contributed by atoms with Crippen LogP contribution in [0.15, 0.2) is 53.8 Å². The lowest BCUT2D eigenvalue weighted by molar-refractivity contribution is -0.141. The van der Waals surface area contributed by atoms with Gasteiger partial charge in [0.15, 0.2) is 0 Å². The highest BCUT2D eigenvalue weighted by Gasteiger charge is 2.35. The van der Waals surface area contributed by atoms with Crippen molar-refractivity contribution in [3.05, 3.63) is 88.0 Å². The van der Waals surface area contributed by atoms with Gasteiger partial charge in [-0.1, -0.05) is 52.3 Å². The maximum atomic E-state index is 13.0. The van der Waals surface area contributed by atoms with Crippen LogP contribution in [0, 0.1) is 32.6 Å². The Morgan fingerprint density at radius 3 is 2.27 bits per heavy atom.